The topological polar surface area (TPSA) is 53.7 Å². The standard InChI is InChI=1S/C9H13NO3/c1-6(10(2)3)7-4-8(9(11)12)13-5-7/h4-6H,1-3H3,(H,11,12). The molecule has 0 bridgehead atoms. The van der Waals surface area contributed by atoms with Crippen LogP contribution in [0.5, 0.6) is 0 Å². The van der Waals surface area contributed by atoms with E-state index in [0.29, 0.717) is 0 Å². The maximum atomic E-state index is 10.5. The fourth-order valence-corrected chi connectivity index (χ4v) is 0.980. The summed E-state index contributed by atoms with van der Waals surface area (Å²) in [5.74, 6) is -1.04. The van der Waals surface area contributed by atoms with Crippen molar-refractivity contribution in [2.24, 2.45) is 0 Å². The van der Waals surface area contributed by atoms with Gasteiger partial charge in [-0.25, -0.2) is 4.79 Å². The first kappa shape index (κ1) is 9.80. The lowest BCUT2D eigenvalue weighted by Crippen LogP contribution is -2.15. The molecule has 1 aromatic rings. The van der Waals surface area contributed by atoms with Crippen molar-refractivity contribution < 1.29 is 14.3 Å². The Bertz CT molecular complexity index is 304. The Balaban J connectivity index is 2.85. The summed E-state index contributed by atoms with van der Waals surface area (Å²) >= 11 is 0. The second-order valence-electron chi connectivity index (χ2n) is 3.19. The van der Waals surface area contributed by atoms with Crippen molar-refractivity contribution in [3.63, 3.8) is 0 Å². The van der Waals surface area contributed by atoms with Crippen molar-refractivity contribution in [2.45, 2.75) is 13.0 Å². The highest BCUT2D eigenvalue weighted by Gasteiger charge is 2.14. The van der Waals surface area contributed by atoms with E-state index in [4.69, 9.17) is 9.52 Å². The molecule has 0 saturated carbocycles. The van der Waals surface area contributed by atoms with Gasteiger partial charge in [0.1, 0.15) is 0 Å². The van der Waals surface area contributed by atoms with Gasteiger partial charge in [-0.15, -0.1) is 0 Å². The first-order valence-corrected chi connectivity index (χ1v) is 4.00. The molecule has 1 N–H and O–H groups in total. The van der Waals surface area contributed by atoms with Crippen LogP contribution in [0.25, 0.3) is 0 Å². The van der Waals surface area contributed by atoms with Gasteiger partial charge in [0.05, 0.1) is 6.26 Å². The van der Waals surface area contributed by atoms with Gasteiger partial charge in [0.2, 0.25) is 5.76 Å². The number of hydrogen-bond donors (Lipinski definition) is 1. The predicted molar refractivity (Wildman–Crippen MR) is 47.8 cm³/mol. The zero-order valence-electron chi connectivity index (χ0n) is 7.94. The largest absolute Gasteiger partial charge is 0.475 e. The van der Waals surface area contributed by atoms with E-state index in [1.54, 1.807) is 6.07 Å². The van der Waals surface area contributed by atoms with Crippen molar-refractivity contribution in [3.8, 4) is 0 Å². The molecule has 1 aromatic heterocycles. The number of carbonyl (C=O) groups is 1. The third kappa shape index (κ3) is 2.09. The normalized spacial score (nSPS) is 13.2. The number of hydrogen-bond acceptors (Lipinski definition) is 3. The molecule has 0 radical (unpaired) electrons. The molecule has 1 unspecified atom stereocenters. The first-order valence-electron chi connectivity index (χ1n) is 4.00. The summed E-state index contributed by atoms with van der Waals surface area (Å²) < 4.78 is 4.87. The first-order chi connectivity index (χ1) is 6.02. The van der Waals surface area contributed by atoms with Crippen LogP contribution in [0.2, 0.25) is 0 Å². The van der Waals surface area contributed by atoms with E-state index in [0.717, 1.165) is 5.56 Å². The minimum atomic E-state index is -1.03. The van der Waals surface area contributed by atoms with Gasteiger partial charge < -0.3 is 14.4 Å². The summed E-state index contributed by atoms with van der Waals surface area (Å²) in [6.45, 7) is 1.98. The van der Waals surface area contributed by atoms with Crippen molar-refractivity contribution in [3.05, 3.63) is 23.7 Å². The van der Waals surface area contributed by atoms with Crippen molar-refractivity contribution in [1.82, 2.24) is 4.90 Å². The molecular weight excluding hydrogens is 170 g/mol. The van der Waals surface area contributed by atoms with E-state index < -0.39 is 5.97 Å². The third-order valence-corrected chi connectivity index (χ3v) is 2.09. The van der Waals surface area contributed by atoms with Crippen LogP contribution in [0.4, 0.5) is 0 Å². The monoisotopic (exact) mass is 183 g/mol. The lowest BCUT2D eigenvalue weighted by atomic mass is 10.1. The molecule has 0 aliphatic heterocycles. The quantitative estimate of drug-likeness (QED) is 0.773. The van der Waals surface area contributed by atoms with Crippen molar-refractivity contribution in [2.75, 3.05) is 14.1 Å². The smallest absolute Gasteiger partial charge is 0.371 e. The van der Waals surface area contributed by atoms with Crippen LogP contribution in [0.1, 0.15) is 29.1 Å². The molecule has 4 heteroatoms. The van der Waals surface area contributed by atoms with E-state index >= 15 is 0 Å². The molecule has 1 rings (SSSR count). The average Bonchev–Trinajstić information content (AvgIpc) is 2.50. The maximum Gasteiger partial charge on any atom is 0.371 e. The van der Waals surface area contributed by atoms with Crippen LogP contribution in [0.3, 0.4) is 0 Å². The summed E-state index contributed by atoms with van der Waals surface area (Å²) in [6, 6.07) is 1.71. The number of rotatable bonds is 3. The summed E-state index contributed by atoms with van der Waals surface area (Å²) in [7, 11) is 3.86. The Labute approximate surface area is 76.8 Å². The van der Waals surface area contributed by atoms with E-state index in [-0.39, 0.29) is 11.8 Å². The summed E-state index contributed by atoms with van der Waals surface area (Å²) in [5.41, 5.74) is 0.877. The van der Waals surface area contributed by atoms with Gasteiger partial charge >= 0.3 is 5.97 Å². The number of aromatic carboxylic acids is 1. The fourth-order valence-electron chi connectivity index (χ4n) is 0.980. The van der Waals surface area contributed by atoms with E-state index in [2.05, 4.69) is 0 Å². The Morgan fingerprint density at radius 3 is 2.62 bits per heavy atom. The molecule has 0 saturated heterocycles. The van der Waals surface area contributed by atoms with Gasteiger partial charge in [-0.3, -0.25) is 0 Å². The molecule has 0 amide bonds. The van der Waals surface area contributed by atoms with Gasteiger partial charge in [0.15, 0.2) is 0 Å². The maximum absolute atomic E-state index is 10.5. The van der Waals surface area contributed by atoms with Crippen molar-refractivity contribution in [1.29, 1.82) is 0 Å². The summed E-state index contributed by atoms with van der Waals surface area (Å²) in [5, 5.41) is 8.61. The van der Waals surface area contributed by atoms with E-state index in [1.165, 1.54) is 6.26 Å². The lowest BCUT2D eigenvalue weighted by Gasteiger charge is -2.17. The number of nitrogens with zero attached hydrogens (tertiary/aromatic N) is 1. The van der Waals surface area contributed by atoms with E-state index in [9.17, 15) is 4.79 Å². The molecule has 1 atom stereocenters. The summed E-state index contributed by atoms with van der Waals surface area (Å²) in [4.78, 5) is 12.5. The Hall–Kier alpha value is -1.29. The Morgan fingerprint density at radius 2 is 2.23 bits per heavy atom. The molecule has 0 fully saturated rings. The zero-order chi connectivity index (χ0) is 10.0. The molecule has 0 aliphatic carbocycles. The molecule has 4 nitrogen and oxygen atoms in total. The van der Waals surface area contributed by atoms with Gasteiger partial charge in [0, 0.05) is 11.6 Å². The summed E-state index contributed by atoms with van der Waals surface area (Å²) in [6.07, 6.45) is 1.48. The SMILES string of the molecule is CC(c1coc(C(=O)O)c1)N(C)C. The minimum absolute atomic E-state index is 0.0105. The van der Waals surface area contributed by atoms with E-state index in [1.807, 2.05) is 25.9 Å². The second-order valence-corrected chi connectivity index (χ2v) is 3.19. The van der Waals surface area contributed by atoms with Gasteiger partial charge in [-0.05, 0) is 27.1 Å². The Morgan fingerprint density at radius 1 is 1.62 bits per heavy atom. The fraction of sp³-hybridized carbons (Fsp3) is 0.444. The van der Waals surface area contributed by atoms with Crippen LogP contribution >= 0.6 is 0 Å². The molecule has 13 heavy (non-hydrogen) atoms. The number of furan rings is 1. The van der Waals surface area contributed by atoms with Gasteiger partial charge in [0.25, 0.3) is 0 Å². The van der Waals surface area contributed by atoms with Crippen LogP contribution in [0.15, 0.2) is 16.7 Å². The van der Waals surface area contributed by atoms with Crippen LogP contribution in [0, 0.1) is 0 Å². The highest BCUT2D eigenvalue weighted by molar-refractivity contribution is 5.84. The van der Waals surface area contributed by atoms with Gasteiger partial charge in [-0.2, -0.15) is 0 Å². The molecule has 72 valence electrons. The van der Waals surface area contributed by atoms with Crippen LogP contribution in [-0.2, 0) is 0 Å². The second kappa shape index (κ2) is 3.62. The highest BCUT2D eigenvalue weighted by Crippen LogP contribution is 2.19. The molecule has 0 spiro atoms. The van der Waals surface area contributed by atoms with Crippen LogP contribution in [-0.4, -0.2) is 30.1 Å². The lowest BCUT2D eigenvalue weighted by molar-refractivity contribution is 0.0662. The zero-order valence-corrected chi connectivity index (χ0v) is 7.94. The molecule has 0 aromatic carbocycles. The highest BCUT2D eigenvalue weighted by atomic mass is 16.4. The van der Waals surface area contributed by atoms with Crippen molar-refractivity contribution >= 4 is 5.97 Å². The predicted octanol–water partition coefficient (Wildman–Crippen LogP) is 1.60. The molecular formula is C9H13NO3. The average molecular weight is 183 g/mol. The van der Waals surface area contributed by atoms with Crippen LogP contribution < -0.4 is 0 Å². The third-order valence-electron chi connectivity index (χ3n) is 2.09. The number of carboxylic acids is 1. The Kier molecular flexibility index (Phi) is 2.72. The molecule has 1 heterocycles. The molecule has 0 aliphatic rings. The number of carboxylic acid groups (broad SMARTS) is 1. The minimum Gasteiger partial charge on any atom is -0.475 e. The van der Waals surface area contributed by atoms with Gasteiger partial charge in [-0.1, -0.05) is 0 Å².